The number of benzene rings is 1. The molecule has 1 heterocycles. The smallest absolute Gasteiger partial charge is 0.328 e. The van der Waals surface area contributed by atoms with E-state index in [9.17, 15) is 9.59 Å². The van der Waals surface area contributed by atoms with E-state index in [1.54, 1.807) is 18.2 Å². The maximum Gasteiger partial charge on any atom is 0.328 e. The van der Waals surface area contributed by atoms with E-state index in [0.717, 1.165) is 16.5 Å². The second kappa shape index (κ2) is 7.94. The van der Waals surface area contributed by atoms with Crippen molar-refractivity contribution in [3.05, 3.63) is 33.3 Å². The predicted octanol–water partition coefficient (Wildman–Crippen LogP) is 2.48. The van der Waals surface area contributed by atoms with Crippen LogP contribution in [0.1, 0.15) is 18.4 Å². The molecule has 7 heteroatoms. The standard InChI is InChI=1S/C15H17BrClNO4/c1-21-15(20)12(18-14(19)13-3-2-6-22-13)8-9-7-10(17)4-5-11(9)16/h4-5,7,12-13H,2-3,6,8H2,1H3,(H,18,19)/t12-,13+/m0/s1. The van der Waals surface area contributed by atoms with Crippen molar-refractivity contribution in [3.8, 4) is 0 Å². The molecular weight excluding hydrogens is 374 g/mol. The summed E-state index contributed by atoms with van der Waals surface area (Å²) < 4.78 is 10.9. The molecule has 0 aliphatic carbocycles. The Labute approximate surface area is 142 Å². The highest BCUT2D eigenvalue weighted by Gasteiger charge is 2.29. The summed E-state index contributed by atoms with van der Waals surface area (Å²) in [5.74, 6) is -0.788. The van der Waals surface area contributed by atoms with E-state index in [2.05, 4.69) is 21.2 Å². The summed E-state index contributed by atoms with van der Waals surface area (Å²) in [6, 6.07) is 4.51. The summed E-state index contributed by atoms with van der Waals surface area (Å²) in [6.45, 7) is 0.570. The molecule has 1 saturated heterocycles. The number of hydrogen-bond acceptors (Lipinski definition) is 4. The highest BCUT2D eigenvalue weighted by Crippen LogP contribution is 2.23. The molecule has 120 valence electrons. The molecule has 1 aliphatic heterocycles. The summed E-state index contributed by atoms with van der Waals surface area (Å²) >= 11 is 9.39. The van der Waals surface area contributed by atoms with E-state index in [1.165, 1.54) is 7.11 Å². The first-order valence-electron chi connectivity index (χ1n) is 6.95. The third kappa shape index (κ3) is 4.44. The van der Waals surface area contributed by atoms with Gasteiger partial charge >= 0.3 is 5.97 Å². The van der Waals surface area contributed by atoms with Gasteiger partial charge in [-0.15, -0.1) is 0 Å². The van der Waals surface area contributed by atoms with Gasteiger partial charge in [-0.05, 0) is 36.6 Å². The first-order chi connectivity index (χ1) is 10.5. The largest absolute Gasteiger partial charge is 0.467 e. The fraction of sp³-hybridized carbons (Fsp3) is 0.467. The van der Waals surface area contributed by atoms with Crippen molar-refractivity contribution >= 4 is 39.4 Å². The zero-order valence-corrected chi connectivity index (χ0v) is 14.4. The number of rotatable bonds is 5. The summed E-state index contributed by atoms with van der Waals surface area (Å²) in [4.78, 5) is 24.1. The molecule has 0 radical (unpaired) electrons. The monoisotopic (exact) mass is 389 g/mol. The van der Waals surface area contributed by atoms with Gasteiger partial charge in [0.25, 0.3) is 0 Å². The number of nitrogens with one attached hydrogen (secondary N) is 1. The van der Waals surface area contributed by atoms with Crippen LogP contribution in [0.2, 0.25) is 5.02 Å². The molecule has 0 bridgehead atoms. The minimum Gasteiger partial charge on any atom is -0.467 e. The van der Waals surface area contributed by atoms with Gasteiger partial charge in [-0.25, -0.2) is 4.79 Å². The zero-order valence-electron chi connectivity index (χ0n) is 12.1. The number of carbonyl (C=O) groups is 2. The van der Waals surface area contributed by atoms with Gasteiger partial charge in [0, 0.05) is 22.5 Å². The molecule has 1 fully saturated rings. The van der Waals surface area contributed by atoms with Crippen molar-refractivity contribution in [2.24, 2.45) is 0 Å². The van der Waals surface area contributed by atoms with Crippen LogP contribution < -0.4 is 5.32 Å². The van der Waals surface area contributed by atoms with Crippen molar-refractivity contribution in [2.45, 2.75) is 31.4 Å². The van der Waals surface area contributed by atoms with Crippen molar-refractivity contribution in [1.29, 1.82) is 0 Å². The zero-order chi connectivity index (χ0) is 16.1. The van der Waals surface area contributed by atoms with E-state index in [4.69, 9.17) is 21.1 Å². The molecule has 0 saturated carbocycles. The van der Waals surface area contributed by atoms with Gasteiger partial charge in [-0.1, -0.05) is 27.5 Å². The molecule has 1 N–H and O–H groups in total. The van der Waals surface area contributed by atoms with Crippen LogP contribution in [0.4, 0.5) is 0 Å². The van der Waals surface area contributed by atoms with Crippen LogP contribution in [0.25, 0.3) is 0 Å². The Morgan fingerprint density at radius 3 is 2.95 bits per heavy atom. The average Bonchev–Trinajstić information content (AvgIpc) is 3.03. The Bertz CT molecular complexity index is 560. The number of carbonyl (C=O) groups excluding carboxylic acids is 2. The minimum absolute atomic E-state index is 0.284. The fourth-order valence-corrected chi connectivity index (χ4v) is 2.91. The third-order valence-electron chi connectivity index (χ3n) is 3.46. The molecule has 0 aromatic heterocycles. The molecular formula is C15H17BrClNO4. The number of esters is 1. The van der Waals surface area contributed by atoms with Crippen LogP contribution in [0.15, 0.2) is 22.7 Å². The Kier molecular flexibility index (Phi) is 6.23. The lowest BCUT2D eigenvalue weighted by Gasteiger charge is -2.19. The fourth-order valence-electron chi connectivity index (χ4n) is 2.30. The Morgan fingerprint density at radius 2 is 2.32 bits per heavy atom. The molecule has 0 unspecified atom stereocenters. The predicted molar refractivity (Wildman–Crippen MR) is 85.8 cm³/mol. The number of amides is 1. The molecule has 2 rings (SSSR count). The molecule has 1 aromatic carbocycles. The van der Waals surface area contributed by atoms with E-state index in [1.807, 2.05) is 0 Å². The van der Waals surface area contributed by atoms with Gasteiger partial charge < -0.3 is 14.8 Å². The normalized spacial score (nSPS) is 18.8. The molecule has 1 aromatic rings. The maximum atomic E-state index is 12.1. The minimum atomic E-state index is -0.781. The topological polar surface area (TPSA) is 64.6 Å². The maximum absolute atomic E-state index is 12.1. The van der Waals surface area contributed by atoms with Crippen LogP contribution in [-0.2, 0) is 25.5 Å². The molecule has 22 heavy (non-hydrogen) atoms. The SMILES string of the molecule is COC(=O)[C@H](Cc1cc(Cl)ccc1Br)NC(=O)[C@H]1CCCO1. The van der Waals surface area contributed by atoms with Gasteiger partial charge in [0.15, 0.2) is 0 Å². The first-order valence-corrected chi connectivity index (χ1v) is 8.12. The Balaban J connectivity index is 2.10. The van der Waals surface area contributed by atoms with E-state index < -0.39 is 18.1 Å². The number of methoxy groups -OCH3 is 1. The lowest BCUT2D eigenvalue weighted by atomic mass is 10.1. The average molecular weight is 391 g/mol. The second-order valence-electron chi connectivity index (χ2n) is 5.03. The van der Waals surface area contributed by atoms with Crippen LogP contribution in [0.5, 0.6) is 0 Å². The van der Waals surface area contributed by atoms with Gasteiger partial charge in [0.05, 0.1) is 7.11 Å². The van der Waals surface area contributed by atoms with E-state index in [-0.39, 0.29) is 12.3 Å². The van der Waals surface area contributed by atoms with Crippen molar-refractivity contribution in [2.75, 3.05) is 13.7 Å². The number of hydrogen-bond donors (Lipinski definition) is 1. The van der Waals surface area contributed by atoms with Crippen molar-refractivity contribution in [1.82, 2.24) is 5.32 Å². The second-order valence-corrected chi connectivity index (χ2v) is 6.32. The Morgan fingerprint density at radius 1 is 1.55 bits per heavy atom. The number of halogens is 2. The van der Waals surface area contributed by atoms with Gasteiger partial charge in [0.2, 0.25) is 5.91 Å². The molecule has 5 nitrogen and oxygen atoms in total. The van der Waals surface area contributed by atoms with Crippen LogP contribution in [-0.4, -0.2) is 37.7 Å². The van der Waals surface area contributed by atoms with Crippen LogP contribution >= 0.6 is 27.5 Å². The highest BCUT2D eigenvalue weighted by atomic mass is 79.9. The van der Waals surface area contributed by atoms with Crippen LogP contribution in [0.3, 0.4) is 0 Å². The lowest BCUT2D eigenvalue weighted by molar-refractivity contribution is -0.146. The molecule has 1 amide bonds. The van der Waals surface area contributed by atoms with E-state index in [0.29, 0.717) is 18.1 Å². The summed E-state index contributed by atoms with van der Waals surface area (Å²) in [6.07, 6.45) is 1.31. The Hall–Kier alpha value is -1.11. The number of ether oxygens (including phenoxy) is 2. The summed E-state index contributed by atoms with van der Waals surface area (Å²) in [7, 11) is 1.29. The third-order valence-corrected chi connectivity index (χ3v) is 4.46. The van der Waals surface area contributed by atoms with Crippen molar-refractivity contribution in [3.63, 3.8) is 0 Å². The van der Waals surface area contributed by atoms with E-state index >= 15 is 0 Å². The molecule has 1 aliphatic rings. The quantitative estimate of drug-likeness (QED) is 0.785. The van der Waals surface area contributed by atoms with Gasteiger partial charge in [0.1, 0.15) is 12.1 Å². The van der Waals surface area contributed by atoms with Crippen molar-refractivity contribution < 1.29 is 19.1 Å². The van der Waals surface area contributed by atoms with Crippen LogP contribution in [0, 0.1) is 0 Å². The molecule has 2 atom stereocenters. The summed E-state index contributed by atoms with van der Waals surface area (Å²) in [5.41, 5.74) is 0.815. The summed E-state index contributed by atoms with van der Waals surface area (Å²) in [5, 5.41) is 3.26. The highest BCUT2D eigenvalue weighted by molar-refractivity contribution is 9.10. The lowest BCUT2D eigenvalue weighted by Crippen LogP contribution is -2.47. The first kappa shape index (κ1) is 17.2. The van der Waals surface area contributed by atoms with Gasteiger partial charge in [-0.2, -0.15) is 0 Å². The molecule has 0 spiro atoms. The van der Waals surface area contributed by atoms with Gasteiger partial charge in [-0.3, -0.25) is 4.79 Å².